The van der Waals surface area contributed by atoms with Crippen LogP contribution in [0.1, 0.15) is 50.5 Å². The van der Waals surface area contributed by atoms with Crippen molar-refractivity contribution in [3.05, 3.63) is 35.9 Å². The van der Waals surface area contributed by atoms with Crippen molar-refractivity contribution in [3.8, 4) is 0 Å². The number of likely N-dealkylation sites (tertiary alicyclic amines) is 2. The van der Waals surface area contributed by atoms with Crippen LogP contribution in [-0.4, -0.2) is 78.0 Å². The second-order valence-corrected chi connectivity index (χ2v) is 10.4. The molecule has 0 atom stereocenters. The van der Waals surface area contributed by atoms with Gasteiger partial charge in [-0.2, -0.15) is 0 Å². The summed E-state index contributed by atoms with van der Waals surface area (Å²) in [6.45, 7) is 7.19. The maximum atomic E-state index is 12.9. The second kappa shape index (κ2) is 12.1. The Morgan fingerprint density at radius 3 is 2.00 bits per heavy atom. The number of nitrogens with zero attached hydrogens (tertiary/aromatic N) is 3. The van der Waals surface area contributed by atoms with Crippen LogP contribution in [0.2, 0.25) is 6.82 Å². The summed E-state index contributed by atoms with van der Waals surface area (Å²) in [5.41, 5.74) is 1.01. The number of piperidine rings is 3. The summed E-state index contributed by atoms with van der Waals surface area (Å²) in [5.74, 6) is 2.05. The van der Waals surface area contributed by atoms with Crippen molar-refractivity contribution < 1.29 is 19.3 Å². The average Bonchev–Trinajstić information content (AvgIpc) is 2.88. The molecule has 4 rings (SSSR count). The Morgan fingerprint density at radius 1 is 0.882 bits per heavy atom. The first-order chi connectivity index (χ1) is 16.5. The van der Waals surface area contributed by atoms with Gasteiger partial charge in [-0.05, 0) is 81.8 Å². The van der Waals surface area contributed by atoms with E-state index >= 15 is 0 Å². The molecule has 0 bridgehead atoms. The van der Waals surface area contributed by atoms with Gasteiger partial charge in [0, 0.05) is 32.6 Å². The largest absolute Gasteiger partial charge is 0.445 e. The smallest absolute Gasteiger partial charge is 0.410 e. The lowest BCUT2D eigenvalue weighted by molar-refractivity contribution is -0.134. The van der Waals surface area contributed by atoms with Crippen molar-refractivity contribution >= 4 is 19.1 Å². The molecule has 1 aromatic rings. The van der Waals surface area contributed by atoms with E-state index in [1.54, 1.807) is 0 Å². The van der Waals surface area contributed by atoms with Crippen LogP contribution < -0.4 is 0 Å². The molecule has 0 saturated carbocycles. The molecule has 3 fully saturated rings. The minimum absolute atomic E-state index is 0.206. The molecule has 34 heavy (non-hydrogen) atoms. The van der Waals surface area contributed by atoms with E-state index in [2.05, 4.69) is 9.71 Å². The van der Waals surface area contributed by atoms with E-state index in [0.717, 1.165) is 83.4 Å². The van der Waals surface area contributed by atoms with Crippen LogP contribution >= 0.6 is 0 Å². The Hall–Kier alpha value is -2.06. The average molecular weight is 469 g/mol. The third-order valence-corrected chi connectivity index (χ3v) is 8.20. The fourth-order valence-electron chi connectivity index (χ4n) is 5.89. The van der Waals surface area contributed by atoms with Crippen LogP contribution in [0.3, 0.4) is 0 Å². The molecule has 186 valence electrons. The van der Waals surface area contributed by atoms with E-state index in [0.29, 0.717) is 36.7 Å². The molecule has 0 spiro atoms. The first-order valence-electron chi connectivity index (χ1n) is 13.1. The Balaban J connectivity index is 1.13. The van der Waals surface area contributed by atoms with E-state index < -0.39 is 0 Å². The molecule has 8 heteroatoms. The lowest BCUT2D eigenvalue weighted by Gasteiger charge is -2.40. The van der Waals surface area contributed by atoms with Crippen LogP contribution in [0, 0.1) is 17.8 Å². The maximum absolute atomic E-state index is 12.9. The van der Waals surface area contributed by atoms with Crippen molar-refractivity contribution in [1.29, 1.82) is 0 Å². The van der Waals surface area contributed by atoms with Gasteiger partial charge in [-0.3, -0.25) is 4.79 Å². The summed E-state index contributed by atoms with van der Waals surface area (Å²) in [4.78, 5) is 31.3. The van der Waals surface area contributed by atoms with Crippen LogP contribution in [0.4, 0.5) is 4.79 Å². The third-order valence-electron chi connectivity index (χ3n) is 8.20. The molecule has 0 aliphatic carbocycles. The van der Waals surface area contributed by atoms with E-state index in [1.165, 1.54) is 0 Å². The number of benzene rings is 1. The molecular formula is C26H40BN3O4. The van der Waals surface area contributed by atoms with E-state index in [-0.39, 0.29) is 13.1 Å². The van der Waals surface area contributed by atoms with Crippen LogP contribution in [0.5, 0.6) is 0 Å². The minimum atomic E-state index is -0.387. The summed E-state index contributed by atoms with van der Waals surface area (Å²) in [7, 11) is -0.387. The highest BCUT2D eigenvalue weighted by atomic mass is 16.6. The Labute approximate surface area is 204 Å². The molecule has 3 aliphatic rings. The maximum Gasteiger partial charge on any atom is 0.410 e. The topological polar surface area (TPSA) is 73.3 Å². The van der Waals surface area contributed by atoms with Crippen molar-refractivity contribution in [3.63, 3.8) is 0 Å². The standard InChI is InChI=1S/C26H40BN3O4/c1-27(33)30-17-7-21(8-18-30)19-25(31)28-13-9-23(10-14-28)24-11-15-29(16-12-24)26(32)34-20-22-5-3-2-4-6-22/h2-6,21,23-24,33H,7-20H2,1H3. The van der Waals surface area contributed by atoms with Crippen LogP contribution in [0.15, 0.2) is 30.3 Å². The summed E-state index contributed by atoms with van der Waals surface area (Å²) >= 11 is 0. The zero-order chi connectivity index (χ0) is 23.9. The molecule has 2 amide bonds. The number of amides is 2. The van der Waals surface area contributed by atoms with Crippen molar-refractivity contribution in [2.75, 3.05) is 39.3 Å². The number of carbonyl (C=O) groups excluding carboxylic acids is 2. The van der Waals surface area contributed by atoms with Crippen molar-refractivity contribution in [2.24, 2.45) is 17.8 Å². The van der Waals surface area contributed by atoms with E-state index in [1.807, 2.05) is 42.1 Å². The molecule has 1 aromatic carbocycles. The number of hydrogen-bond donors (Lipinski definition) is 1. The SMILES string of the molecule is CB(O)N1CCC(CC(=O)N2CCC(C3CCN(C(=O)OCc4ccccc4)CC3)CC2)CC1. The number of rotatable bonds is 6. The summed E-state index contributed by atoms with van der Waals surface area (Å²) in [6, 6.07) is 9.80. The van der Waals surface area contributed by atoms with Gasteiger partial charge in [0.1, 0.15) is 6.61 Å². The van der Waals surface area contributed by atoms with Crippen LogP contribution in [0.25, 0.3) is 0 Å². The highest BCUT2D eigenvalue weighted by molar-refractivity contribution is 6.45. The van der Waals surface area contributed by atoms with E-state index in [4.69, 9.17) is 4.74 Å². The minimum Gasteiger partial charge on any atom is -0.445 e. The van der Waals surface area contributed by atoms with Crippen molar-refractivity contribution in [2.45, 2.75) is 58.4 Å². The summed E-state index contributed by atoms with van der Waals surface area (Å²) in [5, 5.41) is 9.72. The molecule has 7 nitrogen and oxygen atoms in total. The van der Waals surface area contributed by atoms with Gasteiger partial charge in [-0.25, -0.2) is 4.79 Å². The summed E-state index contributed by atoms with van der Waals surface area (Å²) < 4.78 is 5.50. The fourth-order valence-corrected chi connectivity index (χ4v) is 5.89. The van der Waals surface area contributed by atoms with Gasteiger partial charge in [0.15, 0.2) is 0 Å². The number of carbonyl (C=O) groups is 2. The molecule has 3 heterocycles. The van der Waals surface area contributed by atoms with Gasteiger partial charge in [0.25, 0.3) is 0 Å². The second-order valence-electron chi connectivity index (χ2n) is 10.4. The third kappa shape index (κ3) is 6.75. The highest BCUT2D eigenvalue weighted by Crippen LogP contribution is 2.33. The van der Waals surface area contributed by atoms with Gasteiger partial charge in [0.2, 0.25) is 5.91 Å². The van der Waals surface area contributed by atoms with Crippen molar-refractivity contribution in [1.82, 2.24) is 14.6 Å². The Morgan fingerprint density at radius 2 is 1.44 bits per heavy atom. The van der Waals surface area contributed by atoms with Crippen LogP contribution in [-0.2, 0) is 16.1 Å². The summed E-state index contributed by atoms with van der Waals surface area (Å²) in [6.07, 6.45) is 6.66. The monoisotopic (exact) mass is 469 g/mol. The lowest BCUT2D eigenvalue weighted by Crippen LogP contribution is -2.45. The molecule has 0 aromatic heterocycles. The predicted molar refractivity (Wildman–Crippen MR) is 133 cm³/mol. The van der Waals surface area contributed by atoms with E-state index in [9.17, 15) is 14.6 Å². The molecule has 3 aliphatic heterocycles. The number of ether oxygens (including phenoxy) is 1. The molecular weight excluding hydrogens is 429 g/mol. The first-order valence-corrected chi connectivity index (χ1v) is 13.1. The van der Waals surface area contributed by atoms with Gasteiger partial charge in [-0.1, -0.05) is 30.3 Å². The molecule has 1 N–H and O–H groups in total. The zero-order valence-electron chi connectivity index (χ0n) is 20.6. The first kappa shape index (κ1) is 25.1. The normalized spacial score (nSPS) is 21.5. The highest BCUT2D eigenvalue weighted by Gasteiger charge is 2.33. The Bertz CT molecular complexity index is 784. The lowest BCUT2D eigenvalue weighted by atomic mass is 9.78. The van der Waals surface area contributed by atoms with Gasteiger partial charge >= 0.3 is 13.1 Å². The zero-order valence-corrected chi connectivity index (χ0v) is 20.6. The van der Waals surface area contributed by atoms with Gasteiger partial charge < -0.3 is 24.4 Å². The quantitative estimate of drug-likeness (QED) is 0.646. The molecule has 0 unspecified atom stereocenters. The van der Waals surface area contributed by atoms with Gasteiger partial charge in [-0.15, -0.1) is 0 Å². The Kier molecular flexibility index (Phi) is 8.89. The fraction of sp³-hybridized carbons (Fsp3) is 0.692. The number of hydrogen-bond acceptors (Lipinski definition) is 5. The predicted octanol–water partition coefficient (Wildman–Crippen LogP) is 3.49. The van der Waals surface area contributed by atoms with Gasteiger partial charge in [0.05, 0.1) is 0 Å². The molecule has 3 saturated heterocycles. The molecule has 0 radical (unpaired) electrons.